The lowest BCUT2D eigenvalue weighted by Crippen LogP contribution is -2.13. The maximum Gasteiger partial charge on any atom is 0.339 e. The number of hydrogen-bond acceptors (Lipinski definition) is 5. The number of nitrogens with one attached hydrogen (secondary N) is 1. The van der Waals surface area contributed by atoms with Crippen molar-refractivity contribution in [2.75, 3.05) is 11.8 Å². The summed E-state index contributed by atoms with van der Waals surface area (Å²) in [6.45, 7) is 1.54. The fourth-order valence-electron chi connectivity index (χ4n) is 2.54. The number of hydrogen-bond donors (Lipinski definition) is 2. The molecule has 0 spiro atoms. The number of anilines is 1. The molecular weight excluding hydrogens is 426 g/mol. The van der Waals surface area contributed by atoms with Crippen LogP contribution in [0.15, 0.2) is 50.2 Å². The van der Waals surface area contributed by atoms with Gasteiger partial charge in [-0.15, -0.1) is 0 Å². The highest BCUT2D eigenvalue weighted by Crippen LogP contribution is 2.34. The topological polar surface area (TPSA) is 106 Å². The molecule has 1 heterocycles. The average molecular weight is 440 g/mol. The van der Waals surface area contributed by atoms with Crippen molar-refractivity contribution in [1.29, 1.82) is 0 Å². The molecule has 7 nitrogen and oxygen atoms in total. The Bertz CT molecular complexity index is 1100. The molecule has 136 valence electrons. The zero-order valence-electron chi connectivity index (χ0n) is 13.7. The molecule has 3 aromatic rings. The zero-order valence-corrected chi connectivity index (χ0v) is 16.1. The smallest absolute Gasteiger partial charge is 0.339 e. The van der Waals surface area contributed by atoms with Gasteiger partial charge in [-0.05, 0) is 59.3 Å². The highest BCUT2D eigenvalue weighted by atomic mass is 79.9. The third kappa shape index (κ3) is 3.27. The fourth-order valence-corrected chi connectivity index (χ4v) is 4.17. The lowest BCUT2D eigenvalue weighted by molar-refractivity contribution is 0.0697. The van der Waals surface area contributed by atoms with E-state index in [4.69, 9.17) is 9.15 Å². The predicted molar refractivity (Wildman–Crippen MR) is 99.4 cm³/mol. The quantitative estimate of drug-likeness (QED) is 0.621. The van der Waals surface area contributed by atoms with Gasteiger partial charge in [0.15, 0.2) is 0 Å². The molecule has 0 fully saturated rings. The number of benzene rings is 2. The molecule has 2 N–H and O–H groups in total. The number of sulfonamides is 1. The Hall–Kier alpha value is -2.52. The van der Waals surface area contributed by atoms with Crippen LogP contribution in [0.4, 0.5) is 5.69 Å². The molecule has 0 unspecified atom stereocenters. The first-order valence-corrected chi connectivity index (χ1v) is 9.63. The first-order chi connectivity index (χ1) is 12.2. The Labute approximate surface area is 157 Å². The van der Waals surface area contributed by atoms with Gasteiger partial charge in [-0.1, -0.05) is 0 Å². The van der Waals surface area contributed by atoms with Gasteiger partial charge in [-0.3, -0.25) is 4.72 Å². The average Bonchev–Trinajstić information content (AvgIpc) is 2.89. The summed E-state index contributed by atoms with van der Waals surface area (Å²) in [7, 11) is -2.38. The molecule has 0 amide bonds. The van der Waals surface area contributed by atoms with Gasteiger partial charge < -0.3 is 14.3 Å². The van der Waals surface area contributed by atoms with E-state index in [0.717, 1.165) is 0 Å². The molecule has 0 radical (unpaired) electrons. The van der Waals surface area contributed by atoms with E-state index >= 15 is 0 Å². The number of carboxylic acids is 1. The lowest BCUT2D eigenvalue weighted by atomic mass is 10.1. The Morgan fingerprint density at radius 1 is 1.23 bits per heavy atom. The van der Waals surface area contributed by atoms with E-state index in [-0.39, 0.29) is 21.9 Å². The minimum absolute atomic E-state index is 0.00241. The van der Waals surface area contributed by atoms with E-state index in [9.17, 15) is 18.3 Å². The Balaban J connectivity index is 2.05. The Kier molecular flexibility index (Phi) is 4.68. The summed E-state index contributed by atoms with van der Waals surface area (Å²) < 4.78 is 38.5. The molecule has 0 atom stereocenters. The van der Waals surface area contributed by atoms with Gasteiger partial charge in [0.05, 0.1) is 17.7 Å². The third-order valence-corrected chi connectivity index (χ3v) is 5.82. The molecule has 0 aliphatic rings. The SMILES string of the molecule is COc1ccc(S(=O)(=O)Nc2cc3c(C(=O)O)c(C)oc3cc2Br)cc1. The van der Waals surface area contributed by atoms with E-state index in [1.807, 2.05) is 0 Å². The minimum atomic E-state index is -3.87. The van der Waals surface area contributed by atoms with E-state index in [2.05, 4.69) is 20.7 Å². The predicted octanol–water partition coefficient (Wildman–Crippen LogP) is 4.01. The van der Waals surface area contributed by atoms with Crippen molar-refractivity contribution >= 4 is 48.6 Å². The molecule has 0 saturated carbocycles. The molecule has 3 rings (SSSR count). The molecule has 0 aliphatic carbocycles. The maximum atomic E-state index is 12.6. The molecular formula is C17H14BrNO6S. The van der Waals surface area contributed by atoms with Crippen molar-refractivity contribution in [3.05, 3.63) is 52.2 Å². The van der Waals surface area contributed by atoms with Crippen LogP contribution in [0.5, 0.6) is 5.75 Å². The second-order valence-corrected chi connectivity index (χ2v) is 7.98. The van der Waals surface area contributed by atoms with Crippen LogP contribution in [0.2, 0.25) is 0 Å². The number of methoxy groups -OCH3 is 1. The molecule has 2 aromatic carbocycles. The van der Waals surface area contributed by atoms with Gasteiger partial charge >= 0.3 is 5.97 Å². The second-order valence-electron chi connectivity index (χ2n) is 5.45. The third-order valence-electron chi connectivity index (χ3n) is 3.78. The van der Waals surface area contributed by atoms with E-state index in [1.165, 1.54) is 43.5 Å². The highest BCUT2D eigenvalue weighted by molar-refractivity contribution is 9.10. The fraction of sp³-hybridized carbons (Fsp3) is 0.118. The molecule has 0 aliphatic heterocycles. The van der Waals surface area contributed by atoms with Crippen LogP contribution >= 0.6 is 15.9 Å². The molecule has 26 heavy (non-hydrogen) atoms. The minimum Gasteiger partial charge on any atom is -0.497 e. The largest absolute Gasteiger partial charge is 0.497 e. The highest BCUT2D eigenvalue weighted by Gasteiger charge is 2.21. The van der Waals surface area contributed by atoms with Crippen LogP contribution in [0, 0.1) is 6.92 Å². The van der Waals surface area contributed by atoms with E-state index in [1.54, 1.807) is 6.92 Å². The van der Waals surface area contributed by atoms with Crippen molar-refractivity contribution in [2.24, 2.45) is 0 Å². The summed E-state index contributed by atoms with van der Waals surface area (Å²) in [5.41, 5.74) is 0.549. The molecule has 1 aromatic heterocycles. The number of rotatable bonds is 5. The number of fused-ring (bicyclic) bond motifs is 1. The van der Waals surface area contributed by atoms with Crippen LogP contribution in [-0.2, 0) is 10.0 Å². The summed E-state index contributed by atoms with van der Waals surface area (Å²) in [4.78, 5) is 11.5. The van der Waals surface area contributed by atoms with Crippen LogP contribution in [0.25, 0.3) is 11.0 Å². The van der Waals surface area contributed by atoms with Crippen molar-refractivity contribution in [2.45, 2.75) is 11.8 Å². The zero-order chi connectivity index (χ0) is 19.1. The Morgan fingerprint density at radius 3 is 2.46 bits per heavy atom. The van der Waals surface area contributed by atoms with Gasteiger partial charge in [0.2, 0.25) is 0 Å². The van der Waals surface area contributed by atoms with Gasteiger partial charge in [0.1, 0.15) is 22.7 Å². The Morgan fingerprint density at radius 2 is 1.88 bits per heavy atom. The summed E-state index contributed by atoms with van der Waals surface area (Å²) in [5.74, 6) is -0.367. The van der Waals surface area contributed by atoms with Gasteiger partial charge in [-0.2, -0.15) is 0 Å². The van der Waals surface area contributed by atoms with Crippen LogP contribution < -0.4 is 9.46 Å². The van der Waals surface area contributed by atoms with Crippen molar-refractivity contribution in [1.82, 2.24) is 0 Å². The first-order valence-electron chi connectivity index (χ1n) is 7.35. The summed E-state index contributed by atoms with van der Waals surface area (Å²) in [5, 5.41) is 9.66. The summed E-state index contributed by atoms with van der Waals surface area (Å²) >= 11 is 3.28. The second kappa shape index (κ2) is 6.65. The van der Waals surface area contributed by atoms with E-state index < -0.39 is 16.0 Å². The van der Waals surface area contributed by atoms with E-state index in [0.29, 0.717) is 21.2 Å². The standard InChI is InChI=1S/C17H14BrNO6S/c1-9-16(17(20)21)12-7-14(13(18)8-15(12)25-9)19-26(22,23)11-5-3-10(24-2)4-6-11/h3-8,19H,1-2H3,(H,20,21). The number of aryl methyl sites for hydroxylation is 1. The van der Waals surface area contributed by atoms with Crippen molar-refractivity contribution in [3.63, 3.8) is 0 Å². The van der Waals surface area contributed by atoms with Gasteiger partial charge in [0, 0.05) is 9.86 Å². The molecule has 0 bridgehead atoms. The number of aromatic carboxylic acids is 1. The number of halogens is 1. The van der Waals surface area contributed by atoms with Gasteiger partial charge in [0.25, 0.3) is 10.0 Å². The van der Waals surface area contributed by atoms with Gasteiger partial charge in [-0.25, -0.2) is 13.2 Å². The summed E-state index contributed by atoms with van der Waals surface area (Å²) in [6, 6.07) is 8.86. The van der Waals surface area contributed by atoms with Crippen LogP contribution in [0.3, 0.4) is 0 Å². The van der Waals surface area contributed by atoms with Crippen molar-refractivity contribution < 1.29 is 27.5 Å². The van der Waals surface area contributed by atoms with Crippen molar-refractivity contribution in [3.8, 4) is 5.75 Å². The van der Waals surface area contributed by atoms with Crippen LogP contribution in [-0.4, -0.2) is 26.6 Å². The normalized spacial score (nSPS) is 11.5. The monoisotopic (exact) mass is 439 g/mol. The lowest BCUT2D eigenvalue weighted by Gasteiger charge is -2.10. The number of ether oxygens (including phenoxy) is 1. The summed E-state index contributed by atoms with van der Waals surface area (Å²) in [6.07, 6.45) is 0. The number of carboxylic acid groups (broad SMARTS) is 1. The number of carbonyl (C=O) groups is 1. The molecule has 9 heteroatoms. The van der Waals surface area contributed by atoms with Crippen LogP contribution in [0.1, 0.15) is 16.1 Å². The maximum absolute atomic E-state index is 12.6. The number of furan rings is 1. The first kappa shape index (κ1) is 18.3. The molecule has 0 saturated heterocycles.